The van der Waals surface area contributed by atoms with Crippen LogP contribution < -0.4 is 5.32 Å². The number of pyridine rings is 1. The molecular weight excluding hydrogens is 366 g/mol. The van der Waals surface area contributed by atoms with Crippen LogP contribution in [-0.4, -0.2) is 27.1 Å². The molecule has 2 N–H and O–H groups in total. The Kier molecular flexibility index (Phi) is 4.91. The zero-order valence-corrected chi connectivity index (χ0v) is 16.2. The van der Waals surface area contributed by atoms with E-state index in [0.717, 1.165) is 16.9 Å². The second kappa shape index (κ2) is 7.67. The van der Waals surface area contributed by atoms with Crippen molar-refractivity contribution in [3.8, 4) is 17.0 Å². The van der Waals surface area contributed by atoms with Gasteiger partial charge in [-0.2, -0.15) is 0 Å². The number of fused-ring (bicyclic) bond motifs is 1. The van der Waals surface area contributed by atoms with Crippen LogP contribution in [-0.2, 0) is 4.74 Å². The third kappa shape index (κ3) is 3.65. The minimum Gasteiger partial charge on any atom is -0.507 e. The van der Waals surface area contributed by atoms with E-state index < -0.39 is 0 Å². The van der Waals surface area contributed by atoms with Gasteiger partial charge in [0.05, 0.1) is 12.2 Å². The summed E-state index contributed by atoms with van der Waals surface area (Å²) in [5.41, 5.74) is 4.27. The number of nitrogens with one attached hydrogen (secondary N) is 1. The van der Waals surface area contributed by atoms with Crippen LogP contribution >= 0.6 is 0 Å². The number of imidazole rings is 1. The molecule has 0 saturated heterocycles. The molecule has 0 aliphatic carbocycles. The van der Waals surface area contributed by atoms with Gasteiger partial charge in [0.1, 0.15) is 22.9 Å². The van der Waals surface area contributed by atoms with E-state index in [1.807, 2.05) is 47.9 Å². The minimum absolute atomic E-state index is 0.149. The number of rotatable bonds is 5. The maximum atomic E-state index is 12.1. The van der Waals surface area contributed by atoms with Gasteiger partial charge in [0.2, 0.25) is 0 Å². The number of phenolic OH excluding ortho intramolecular Hbond substituents is 1. The van der Waals surface area contributed by atoms with Crippen LogP contribution in [0.4, 0.5) is 11.5 Å². The maximum absolute atomic E-state index is 12.1. The highest BCUT2D eigenvalue weighted by molar-refractivity contribution is 5.91. The number of hydrogen-bond donors (Lipinski definition) is 2. The lowest BCUT2D eigenvalue weighted by Crippen LogP contribution is -2.05. The van der Waals surface area contributed by atoms with Crippen LogP contribution in [0.2, 0.25) is 0 Å². The molecule has 29 heavy (non-hydrogen) atoms. The Bertz CT molecular complexity index is 1200. The SMILES string of the molecule is CCOC(=O)c1cccc(Nc2c(-c3ccccc3O)nc3cc(C)ccn23)c1. The van der Waals surface area contributed by atoms with Crippen LogP contribution in [0, 0.1) is 6.92 Å². The lowest BCUT2D eigenvalue weighted by Gasteiger charge is -2.11. The molecule has 0 spiro atoms. The summed E-state index contributed by atoms with van der Waals surface area (Å²) >= 11 is 0. The summed E-state index contributed by atoms with van der Waals surface area (Å²) in [7, 11) is 0. The summed E-state index contributed by atoms with van der Waals surface area (Å²) in [6.45, 7) is 4.10. The van der Waals surface area contributed by atoms with Gasteiger partial charge in [-0.1, -0.05) is 18.2 Å². The molecule has 0 radical (unpaired) electrons. The molecule has 0 saturated carbocycles. The molecule has 4 rings (SSSR count). The fourth-order valence-electron chi connectivity index (χ4n) is 3.20. The lowest BCUT2D eigenvalue weighted by atomic mass is 10.1. The van der Waals surface area contributed by atoms with Crippen molar-refractivity contribution in [3.63, 3.8) is 0 Å². The van der Waals surface area contributed by atoms with Crippen molar-refractivity contribution in [1.29, 1.82) is 0 Å². The quantitative estimate of drug-likeness (QED) is 0.475. The molecule has 0 bridgehead atoms. The Morgan fingerprint density at radius 1 is 1.14 bits per heavy atom. The topological polar surface area (TPSA) is 75.9 Å². The Morgan fingerprint density at radius 2 is 1.97 bits per heavy atom. The molecule has 2 heterocycles. The molecule has 0 aliphatic heterocycles. The zero-order valence-electron chi connectivity index (χ0n) is 16.2. The number of ether oxygens (including phenoxy) is 1. The van der Waals surface area contributed by atoms with Crippen LogP contribution in [0.15, 0.2) is 66.9 Å². The Balaban J connectivity index is 1.83. The highest BCUT2D eigenvalue weighted by atomic mass is 16.5. The Hall–Kier alpha value is -3.80. The Morgan fingerprint density at radius 3 is 2.76 bits per heavy atom. The number of carbonyl (C=O) groups is 1. The number of nitrogens with zero attached hydrogens (tertiary/aromatic N) is 2. The van der Waals surface area contributed by atoms with Crippen LogP contribution in [0.3, 0.4) is 0 Å². The van der Waals surface area contributed by atoms with E-state index in [1.165, 1.54) is 0 Å². The van der Waals surface area contributed by atoms with Gasteiger partial charge in [0.15, 0.2) is 0 Å². The molecule has 0 atom stereocenters. The van der Waals surface area contributed by atoms with Gasteiger partial charge in [0, 0.05) is 17.4 Å². The highest BCUT2D eigenvalue weighted by Crippen LogP contribution is 2.36. The highest BCUT2D eigenvalue weighted by Gasteiger charge is 2.17. The predicted octanol–water partition coefficient (Wildman–Crippen LogP) is 4.94. The number of aromatic nitrogens is 2. The summed E-state index contributed by atoms with van der Waals surface area (Å²) in [5.74, 6) is 0.476. The van der Waals surface area contributed by atoms with Gasteiger partial charge in [-0.25, -0.2) is 9.78 Å². The maximum Gasteiger partial charge on any atom is 0.338 e. The third-order valence-corrected chi connectivity index (χ3v) is 4.58. The number of para-hydroxylation sites is 1. The number of carbonyl (C=O) groups excluding carboxylic acids is 1. The number of aryl methyl sites for hydroxylation is 1. The molecule has 0 unspecified atom stereocenters. The predicted molar refractivity (Wildman–Crippen MR) is 113 cm³/mol. The van der Waals surface area contributed by atoms with Crippen molar-refractivity contribution in [2.75, 3.05) is 11.9 Å². The summed E-state index contributed by atoms with van der Waals surface area (Å²) in [5, 5.41) is 13.7. The first-order valence-electron chi connectivity index (χ1n) is 9.38. The first kappa shape index (κ1) is 18.6. The summed E-state index contributed by atoms with van der Waals surface area (Å²) < 4.78 is 7.02. The number of phenols is 1. The number of benzene rings is 2. The number of hydrogen-bond acceptors (Lipinski definition) is 5. The average molecular weight is 387 g/mol. The van der Waals surface area contributed by atoms with Gasteiger partial charge < -0.3 is 15.2 Å². The normalized spacial score (nSPS) is 10.8. The summed E-state index contributed by atoms with van der Waals surface area (Å²) in [6, 6.07) is 18.2. The smallest absolute Gasteiger partial charge is 0.338 e. The zero-order chi connectivity index (χ0) is 20.4. The average Bonchev–Trinajstić information content (AvgIpc) is 3.06. The number of aromatic hydroxyl groups is 1. The summed E-state index contributed by atoms with van der Waals surface area (Å²) in [6.07, 6.45) is 1.93. The van der Waals surface area contributed by atoms with E-state index in [0.29, 0.717) is 29.2 Å². The standard InChI is InChI=1S/C23H21N3O3/c1-3-29-23(28)16-7-6-8-17(14-16)24-22-21(18-9-4-5-10-19(18)27)25-20-13-15(2)11-12-26(20)22/h4-14,24,27H,3H2,1-2H3. The van der Waals surface area contributed by atoms with Crippen molar-refractivity contribution in [2.24, 2.45) is 0 Å². The molecule has 0 fully saturated rings. The molecule has 6 nitrogen and oxygen atoms in total. The van der Waals surface area contributed by atoms with E-state index in [-0.39, 0.29) is 11.7 Å². The third-order valence-electron chi connectivity index (χ3n) is 4.58. The monoisotopic (exact) mass is 387 g/mol. The van der Waals surface area contributed by atoms with Gasteiger partial charge in [-0.3, -0.25) is 4.40 Å². The van der Waals surface area contributed by atoms with Gasteiger partial charge in [0.25, 0.3) is 0 Å². The lowest BCUT2D eigenvalue weighted by molar-refractivity contribution is 0.0526. The molecule has 0 aliphatic rings. The minimum atomic E-state index is -0.370. The summed E-state index contributed by atoms with van der Waals surface area (Å²) in [4.78, 5) is 16.8. The van der Waals surface area contributed by atoms with Gasteiger partial charge in [-0.05, 0) is 61.9 Å². The van der Waals surface area contributed by atoms with E-state index in [2.05, 4.69) is 5.32 Å². The van der Waals surface area contributed by atoms with E-state index in [1.54, 1.807) is 37.3 Å². The van der Waals surface area contributed by atoms with Gasteiger partial charge >= 0.3 is 5.97 Å². The molecule has 2 aromatic carbocycles. The molecule has 0 amide bonds. The first-order valence-corrected chi connectivity index (χ1v) is 9.38. The molecule has 6 heteroatoms. The second-order valence-electron chi connectivity index (χ2n) is 6.68. The first-order chi connectivity index (χ1) is 14.1. The number of esters is 1. The van der Waals surface area contributed by atoms with E-state index in [9.17, 15) is 9.90 Å². The van der Waals surface area contributed by atoms with Crippen molar-refractivity contribution < 1.29 is 14.6 Å². The molecular formula is C23H21N3O3. The van der Waals surface area contributed by atoms with Crippen molar-refractivity contribution in [2.45, 2.75) is 13.8 Å². The molecule has 4 aromatic rings. The van der Waals surface area contributed by atoms with Crippen LogP contribution in [0.1, 0.15) is 22.8 Å². The molecule has 2 aromatic heterocycles. The van der Waals surface area contributed by atoms with Crippen molar-refractivity contribution >= 4 is 23.1 Å². The van der Waals surface area contributed by atoms with E-state index in [4.69, 9.17) is 9.72 Å². The van der Waals surface area contributed by atoms with E-state index >= 15 is 0 Å². The molecule has 146 valence electrons. The Labute approximate surface area is 168 Å². The van der Waals surface area contributed by atoms with Crippen molar-refractivity contribution in [3.05, 3.63) is 78.0 Å². The van der Waals surface area contributed by atoms with Crippen LogP contribution in [0.5, 0.6) is 5.75 Å². The van der Waals surface area contributed by atoms with Crippen molar-refractivity contribution in [1.82, 2.24) is 9.38 Å². The van der Waals surface area contributed by atoms with Gasteiger partial charge in [-0.15, -0.1) is 0 Å². The number of anilines is 2. The second-order valence-corrected chi connectivity index (χ2v) is 6.68. The largest absolute Gasteiger partial charge is 0.507 e. The van der Waals surface area contributed by atoms with Crippen LogP contribution in [0.25, 0.3) is 16.9 Å². The fraction of sp³-hybridized carbons (Fsp3) is 0.130. The fourth-order valence-corrected chi connectivity index (χ4v) is 3.20.